The number of thiocarbonyl (C=S) groups is 1. The zero-order valence-electron chi connectivity index (χ0n) is 17.3. The van der Waals surface area contributed by atoms with Crippen LogP contribution in [0, 0.1) is 5.92 Å². The number of benzene rings is 2. The predicted octanol–water partition coefficient (Wildman–Crippen LogP) is 4.42. The van der Waals surface area contributed by atoms with Gasteiger partial charge in [-0.15, -0.1) is 0 Å². The molecule has 0 aromatic heterocycles. The van der Waals surface area contributed by atoms with E-state index in [0.29, 0.717) is 5.02 Å². The summed E-state index contributed by atoms with van der Waals surface area (Å²) in [6.07, 6.45) is 0. The molecule has 2 N–H and O–H groups in total. The van der Waals surface area contributed by atoms with Crippen molar-refractivity contribution < 1.29 is 9.59 Å². The van der Waals surface area contributed by atoms with Gasteiger partial charge in [-0.2, -0.15) is 0 Å². The first-order chi connectivity index (χ1) is 14.8. The highest BCUT2D eigenvalue weighted by Gasteiger charge is 2.23. The van der Waals surface area contributed by atoms with Gasteiger partial charge in [0.25, 0.3) is 5.91 Å². The molecule has 0 saturated carbocycles. The number of amides is 2. The average Bonchev–Trinajstić information content (AvgIpc) is 2.75. The Morgan fingerprint density at radius 2 is 1.65 bits per heavy atom. The van der Waals surface area contributed by atoms with Crippen molar-refractivity contribution in [2.75, 3.05) is 36.4 Å². The standard InChI is InChI=1S/C22H24Cl2N4O2S/c1-14(2)21(30)28-12-10-27(11-13-28)16-8-6-15(7-9-16)25-22(31)26-20(29)17-4-3-5-18(23)19(17)24/h3-9,14H,10-13H2,1-2H3,(H2,25,26,29,31). The van der Waals surface area contributed by atoms with Crippen LogP contribution in [0.5, 0.6) is 0 Å². The molecule has 9 heteroatoms. The van der Waals surface area contributed by atoms with Crippen LogP contribution in [0.15, 0.2) is 42.5 Å². The summed E-state index contributed by atoms with van der Waals surface area (Å²) in [5.41, 5.74) is 2.08. The lowest BCUT2D eigenvalue weighted by atomic mass is 10.1. The van der Waals surface area contributed by atoms with Crippen LogP contribution in [0.4, 0.5) is 11.4 Å². The van der Waals surface area contributed by atoms with E-state index in [9.17, 15) is 9.59 Å². The van der Waals surface area contributed by atoms with Gasteiger partial charge in [-0.1, -0.05) is 43.1 Å². The quantitative estimate of drug-likeness (QED) is 0.636. The Bertz CT molecular complexity index is 974. The molecule has 0 atom stereocenters. The molecule has 164 valence electrons. The molecule has 2 aromatic carbocycles. The summed E-state index contributed by atoms with van der Waals surface area (Å²) in [5, 5.41) is 6.25. The van der Waals surface area contributed by atoms with Gasteiger partial charge in [0.1, 0.15) is 0 Å². The number of carbonyl (C=O) groups is 2. The lowest BCUT2D eigenvalue weighted by molar-refractivity contribution is -0.134. The molecule has 31 heavy (non-hydrogen) atoms. The van der Waals surface area contributed by atoms with E-state index in [0.717, 1.165) is 37.6 Å². The van der Waals surface area contributed by atoms with Gasteiger partial charge in [-0.3, -0.25) is 14.9 Å². The topological polar surface area (TPSA) is 64.7 Å². The molecule has 0 unspecified atom stereocenters. The molecule has 0 bridgehead atoms. The fraction of sp³-hybridized carbons (Fsp3) is 0.318. The second-order valence-electron chi connectivity index (χ2n) is 7.52. The molecular formula is C22H24Cl2N4O2S. The van der Waals surface area contributed by atoms with E-state index >= 15 is 0 Å². The molecule has 0 aliphatic carbocycles. The molecule has 1 heterocycles. The van der Waals surface area contributed by atoms with Gasteiger partial charge < -0.3 is 15.1 Å². The fourth-order valence-electron chi connectivity index (χ4n) is 3.32. The fourth-order valence-corrected chi connectivity index (χ4v) is 3.91. The van der Waals surface area contributed by atoms with Crippen LogP contribution < -0.4 is 15.5 Å². The highest BCUT2D eigenvalue weighted by Crippen LogP contribution is 2.25. The minimum absolute atomic E-state index is 0.0242. The van der Waals surface area contributed by atoms with E-state index in [1.54, 1.807) is 18.2 Å². The summed E-state index contributed by atoms with van der Waals surface area (Å²) < 4.78 is 0. The van der Waals surface area contributed by atoms with Gasteiger partial charge in [0.2, 0.25) is 5.91 Å². The van der Waals surface area contributed by atoms with E-state index < -0.39 is 5.91 Å². The number of hydrogen-bond acceptors (Lipinski definition) is 4. The molecule has 3 rings (SSSR count). The SMILES string of the molecule is CC(C)C(=O)N1CCN(c2ccc(NC(=S)NC(=O)c3cccc(Cl)c3Cl)cc2)CC1. The third-order valence-corrected chi connectivity index (χ3v) is 6.02. The van der Waals surface area contributed by atoms with Gasteiger partial charge >= 0.3 is 0 Å². The number of rotatable bonds is 4. The number of piperazine rings is 1. The second-order valence-corrected chi connectivity index (χ2v) is 8.72. The third kappa shape index (κ3) is 5.87. The van der Waals surface area contributed by atoms with Gasteiger partial charge in [-0.05, 0) is 48.6 Å². The van der Waals surface area contributed by atoms with Crippen molar-refractivity contribution in [1.29, 1.82) is 0 Å². The largest absolute Gasteiger partial charge is 0.368 e. The van der Waals surface area contributed by atoms with Gasteiger partial charge in [0.05, 0.1) is 15.6 Å². The van der Waals surface area contributed by atoms with E-state index in [4.69, 9.17) is 35.4 Å². The Labute approximate surface area is 197 Å². The monoisotopic (exact) mass is 478 g/mol. The maximum atomic E-state index is 12.4. The van der Waals surface area contributed by atoms with Crippen molar-refractivity contribution in [3.8, 4) is 0 Å². The lowest BCUT2D eigenvalue weighted by Crippen LogP contribution is -2.49. The number of anilines is 2. The van der Waals surface area contributed by atoms with Crippen LogP contribution in [0.3, 0.4) is 0 Å². The summed E-state index contributed by atoms with van der Waals surface area (Å²) in [7, 11) is 0. The summed E-state index contributed by atoms with van der Waals surface area (Å²) in [6, 6.07) is 12.6. The smallest absolute Gasteiger partial charge is 0.258 e. The van der Waals surface area contributed by atoms with Crippen molar-refractivity contribution in [3.05, 3.63) is 58.1 Å². The summed E-state index contributed by atoms with van der Waals surface area (Å²) in [6.45, 7) is 6.88. The van der Waals surface area contributed by atoms with Crippen molar-refractivity contribution >= 4 is 63.7 Å². The zero-order valence-corrected chi connectivity index (χ0v) is 19.7. The highest BCUT2D eigenvalue weighted by molar-refractivity contribution is 7.80. The van der Waals surface area contributed by atoms with Crippen LogP contribution in [0.1, 0.15) is 24.2 Å². The Morgan fingerprint density at radius 1 is 1.00 bits per heavy atom. The molecule has 2 aromatic rings. The molecule has 1 aliphatic heterocycles. The molecule has 0 spiro atoms. The third-order valence-electron chi connectivity index (χ3n) is 5.00. The number of carbonyl (C=O) groups excluding carboxylic acids is 2. The van der Waals surface area contributed by atoms with Crippen LogP contribution in [0.25, 0.3) is 0 Å². The van der Waals surface area contributed by atoms with Gasteiger partial charge in [-0.25, -0.2) is 0 Å². The average molecular weight is 479 g/mol. The summed E-state index contributed by atoms with van der Waals surface area (Å²) in [5.74, 6) is -0.208. The first kappa shape index (κ1) is 23.3. The molecule has 2 amide bonds. The van der Waals surface area contributed by atoms with Crippen LogP contribution in [0.2, 0.25) is 10.0 Å². The second kappa shape index (κ2) is 10.3. The summed E-state index contributed by atoms with van der Waals surface area (Å²) >= 11 is 17.3. The van der Waals surface area contributed by atoms with E-state index in [1.165, 1.54) is 0 Å². The molecule has 1 saturated heterocycles. The number of nitrogens with one attached hydrogen (secondary N) is 2. The summed E-state index contributed by atoms with van der Waals surface area (Å²) in [4.78, 5) is 28.7. The maximum absolute atomic E-state index is 12.4. The highest BCUT2D eigenvalue weighted by atomic mass is 35.5. The van der Waals surface area contributed by atoms with Crippen molar-refractivity contribution in [3.63, 3.8) is 0 Å². The molecule has 0 radical (unpaired) electrons. The maximum Gasteiger partial charge on any atom is 0.258 e. The van der Waals surface area contributed by atoms with Crippen molar-refractivity contribution in [2.24, 2.45) is 5.92 Å². The Morgan fingerprint density at radius 3 is 2.26 bits per heavy atom. The number of nitrogens with zero attached hydrogens (tertiary/aromatic N) is 2. The Hall–Kier alpha value is -2.35. The first-order valence-electron chi connectivity index (χ1n) is 9.96. The van der Waals surface area contributed by atoms with E-state index in [-0.39, 0.29) is 27.5 Å². The van der Waals surface area contributed by atoms with Gasteiger partial charge in [0, 0.05) is 43.5 Å². The molecular weight excluding hydrogens is 455 g/mol. The number of hydrogen-bond donors (Lipinski definition) is 2. The predicted molar refractivity (Wildman–Crippen MR) is 130 cm³/mol. The first-order valence-corrected chi connectivity index (χ1v) is 11.1. The van der Waals surface area contributed by atoms with Crippen LogP contribution in [-0.2, 0) is 4.79 Å². The lowest BCUT2D eigenvalue weighted by Gasteiger charge is -2.37. The Kier molecular flexibility index (Phi) is 7.75. The normalized spacial score (nSPS) is 13.8. The molecule has 1 aliphatic rings. The van der Waals surface area contributed by atoms with Crippen LogP contribution in [-0.4, -0.2) is 48.0 Å². The van der Waals surface area contributed by atoms with E-state index in [2.05, 4.69) is 15.5 Å². The number of halogens is 2. The minimum Gasteiger partial charge on any atom is -0.368 e. The van der Waals surface area contributed by atoms with Crippen molar-refractivity contribution in [2.45, 2.75) is 13.8 Å². The van der Waals surface area contributed by atoms with Crippen LogP contribution >= 0.6 is 35.4 Å². The Balaban J connectivity index is 1.54. The van der Waals surface area contributed by atoms with Crippen molar-refractivity contribution in [1.82, 2.24) is 10.2 Å². The molecule has 6 nitrogen and oxygen atoms in total. The molecule has 1 fully saturated rings. The van der Waals surface area contributed by atoms with E-state index in [1.807, 2.05) is 43.0 Å². The minimum atomic E-state index is -0.435. The van der Waals surface area contributed by atoms with Gasteiger partial charge in [0.15, 0.2) is 5.11 Å². The zero-order chi connectivity index (χ0) is 22.5.